The fraction of sp³-hybridized carbons (Fsp3) is 0.0667. The van der Waals surface area contributed by atoms with Gasteiger partial charge in [-0.2, -0.15) is 0 Å². The number of carbonyl (C=O) groups is 2. The Kier molecular flexibility index (Phi) is 3.10. The number of aldehydes is 1. The van der Waals surface area contributed by atoms with Crippen molar-refractivity contribution >= 4 is 29.3 Å². The number of benzene rings is 2. The number of nitrogens with one attached hydrogen (secondary N) is 1. The summed E-state index contributed by atoms with van der Waals surface area (Å²) in [6, 6.07) is 6.74. The molecule has 0 atom stereocenters. The van der Waals surface area contributed by atoms with Gasteiger partial charge in [-0.15, -0.1) is 0 Å². The molecule has 2 aromatic carbocycles. The number of hydrogen-bond donors (Lipinski definition) is 4. The van der Waals surface area contributed by atoms with E-state index in [1.54, 1.807) is 0 Å². The number of nitrogens with zero attached hydrogens (tertiary/aromatic N) is 1. The van der Waals surface area contributed by atoms with Gasteiger partial charge in [0.15, 0.2) is 0 Å². The van der Waals surface area contributed by atoms with E-state index in [4.69, 9.17) is 0 Å². The van der Waals surface area contributed by atoms with Crippen molar-refractivity contribution < 1.29 is 24.9 Å². The number of rotatable bonds is 2. The minimum atomic E-state index is -0.533. The molecule has 0 aromatic heterocycles. The lowest BCUT2D eigenvalue weighted by Crippen LogP contribution is -2.32. The molecule has 1 aliphatic rings. The molecule has 3 rings (SSSR count). The number of anilines is 3. The molecular formula is C15H12N2O5. The van der Waals surface area contributed by atoms with Crippen molar-refractivity contribution in [3.05, 3.63) is 35.9 Å². The van der Waals surface area contributed by atoms with Crippen LogP contribution in [-0.2, 0) is 4.79 Å². The van der Waals surface area contributed by atoms with E-state index in [-0.39, 0.29) is 46.4 Å². The van der Waals surface area contributed by atoms with Gasteiger partial charge in [-0.25, -0.2) is 0 Å². The van der Waals surface area contributed by atoms with Crippen LogP contribution >= 0.6 is 0 Å². The third-order valence-electron chi connectivity index (χ3n) is 3.40. The summed E-state index contributed by atoms with van der Waals surface area (Å²) in [6.07, 6.45) is 0.538. The summed E-state index contributed by atoms with van der Waals surface area (Å²) in [4.78, 5) is 24.6. The summed E-state index contributed by atoms with van der Waals surface area (Å²) in [7, 11) is 0. The van der Waals surface area contributed by atoms with Crippen molar-refractivity contribution in [1.82, 2.24) is 0 Å². The van der Waals surface area contributed by atoms with Crippen molar-refractivity contribution in [2.45, 2.75) is 0 Å². The number of para-hydroxylation sites is 1. The second-order valence-electron chi connectivity index (χ2n) is 4.77. The Hall–Kier alpha value is -3.22. The fourth-order valence-electron chi connectivity index (χ4n) is 2.42. The molecule has 0 saturated carbocycles. The Morgan fingerprint density at radius 2 is 1.86 bits per heavy atom. The Bertz CT molecular complexity index is 788. The van der Waals surface area contributed by atoms with Gasteiger partial charge < -0.3 is 25.4 Å². The van der Waals surface area contributed by atoms with E-state index in [2.05, 4.69) is 5.32 Å². The third kappa shape index (κ3) is 1.99. The number of carbonyl (C=O) groups excluding carboxylic acids is 2. The molecular weight excluding hydrogens is 288 g/mol. The SMILES string of the molecule is O=CCN1C(=O)c2cccc(O)c2Nc2c(O)cc(O)cc21. The Morgan fingerprint density at radius 1 is 1.09 bits per heavy atom. The van der Waals surface area contributed by atoms with Gasteiger partial charge in [-0.3, -0.25) is 9.69 Å². The molecule has 0 aliphatic carbocycles. The van der Waals surface area contributed by atoms with Gasteiger partial charge in [0.1, 0.15) is 29.2 Å². The van der Waals surface area contributed by atoms with Crippen LogP contribution in [0.25, 0.3) is 0 Å². The van der Waals surface area contributed by atoms with Crippen molar-refractivity contribution in [2.75, 3.05) is 16.8 Å². The van der Waals surface area contributed by atoms with Crippen LogP contribution in [0.2, 0.25) is 0 Å². The van der Waals surface area contributed by atoms with E-state index in [9.17, 15) is 24.9 Å². The average Bonchev–Trinajstić information content (AvgIpc) is 2.58. The van der Waals surface area contributed by atoms with Crippen LogP contribution in [0.3, 0.4) is 0 Å². The minimum absolute atomic E-state index is 0.119. The standard InChI is InChI=1S/C15H12N2O5/c18-5-4-17-10-6-8(19)7-12(21)14(10)16-13-9(15(17)22)2-1-3-11(13)20/h1-3,5-7,16,19-21H,4H2. The highest BCUT2D eigenvalue weighted by Crippen LogP contribution is 2.45. The first-order valence-electron chi connectivity index (χ1n) is 6.43. The van der Waals surface area contributed by atoms with Gasteiger partial charge in [0.05, 0.1) is 23.5 Å². The van der Waals surface area contributed by atoms with Crippen LogP contribution in [0.1, 0.15) is 10.4 Å². The van der Waals surface area contributed by atoms with Crippen LogP contribution < -0.4 is 10.2 Å². The second kappa shape index (κ2) is 4.96. The Labute approximate surface area is 125 Å². The first-order chi connectivity index (χ1) is 10.5. The van der Waals surface area contributed by atoms with Crippen LogP contribution in [0, 0.1) is 0 Å². The number of amides is 1. The largest absolute Gasteiger partial charge is 0.508 e. The van der Waals surface area contributed by atoms with E-state index >= 15 is 0 Å². The maximum absolute atomic E-state index is 12.6. The van der Waals surface area contributed by atoms with E-state index < -0.39 is 5.91 Å². The first kappa shape index (κ1) is 13.7. The molecule has 0 unspecified atom stereocenters. The number of hydrogen-bond acceptors (Lipinski definition) is 6. The van der Waals surface area contributed by atoms with Crippen LogP contribution in [-0.4, -0.2) is 34.1 Å². The quantitative estimate of drug-likeness (QED) is 0.382. The number of phenols is 3. The van der Waals surface area contributed by atoms with Crippen molar-refractivity contribution in [3.63, 3.8) is 0 Å². The molecule has 7 nitrogen and oxygen atoms in total. The molecule has 1 heterocycles. The van der Waals surface area contributed by atoms with Crippen LogP contribution in [0.15, 0.2) is 30.3 Å². The second-order valence-corrected chi connectivity index (χ2v) is 4.77. The average molecular weight is 300 g/mol. The van der Waals surface area contributed by atoms with Gasteiger partial charge in [0.25, 0.3) is 5.91 Å². The molecule has 7 heteroatoms. The van der Waals surface area contributed by atoms with Crippen molar-refractivity contribution in [3.8, 4) is 17.2 Å². The molecule has 0 bridgehead atoms. The Morgan fingerprint density at radius 3 is 2.59 bits per heavy atom. The van der Waals surface area contributed by atoms with Gasteiger partial charge >= 0.3 is 0 Å². The summed E-state index contributed by atoms with van der Waals surface area (Å²) >= 11 is 0. The predicted molar refractivity (Wildman–Crippen MR) is 78.9 cm³/mol. The maximum Gasteiger partial charge on any atom is 0.261 e. The lowest BCUT2D eigenvalue weighted by molar-refractivity contribution is -0.106. The predicted octanol–water partition coefficient (Wildman–Crippen LogP) is 1.71. The molecule has 1 amide bonds. The summed E-state index contributed by atoms with van der Waals surface area (Å²) in [5.41, 5.74) is 0.540. The monoisotopic (exact) mass is 300 g/mol. The maximum atomic E-state index is 12.6. The van der Waals surface area contributed by atoms with E-state index in [1.165, 1.54) is 24.3 Å². The highest BCUT2D eigenvalue weighted by atomic mass is 16.3. The number of aromatic hydroxyl groups is 3. The van der Waals surface area contributed by atoms with Gasteiger partial charge in [-0.1, -0.05) is 6.07 Å². The molecule has 22 heavy (non-hydrogen) atoms. The lowest BCUT2D eigenvalue weighted by atomic mass is 10.1. The van der Waals surface area contributed by atoms with E-state index in [1.807, 2.05) is 0 Å². The minimum Gasteiger partial charge on any atom is -0.508 e. The summed E-state index contributed by atoms with van der Waals surface area (Å²) in [6.45, 7) is -0.258. The van der Waals surface area contributed by atoms with E-state index in [0.29, 0.717) is 6.29 Å². The summed E-state index contributed by atoms with van der Waals surface area (Å²) < 4.78 is 0. The molecule has 112 valence electrons. The molecule has 2 aromatic rings. The summed E-state index contributed by atoms with van der Waals surface area (Å²) in [5.74, 6) is -1.27. The van der Waals surface area contributed by atoms with E-state index in [0.717, 1.165) is 11.0 Å². The van der Waals surface area contributed by atoms with Gasteiger partial charge in [0.2, 0.25) is 0 Å². The smallest absolute Gasteiger partial charge is 0.261 e. The zero-order valence-electron chi connectivity index (χ0n) is 11.3. The lowest BCUT2D eigenvalue weighted by Gasteiger charge is -2.20. The molecule has 1 aliphatic heterocycles. The molecule has 0 spiro atoms. The van der Waals surface area contributed by atoms with Crippen LogP contribution in [0.5, 0.6) is 17.2 Å². The third-order valence-corrected chi connectivity index (χ3v) is 3.40. The highest BCUT2D eigenvalue weighted by molar-refractivity contribution is 6.16. The van der Waals surface area contributed by atoms with Crippen molar-refractivity contribution in [1.29, 1.82) is 0 Å². The molecule has 0 fully saturated rings. The van der Waals surface area contributed by atoms with Crippen molar-refractivity contribution in [2.24, 2.45) is 0 Å². The zero-order chi connectivity index (χ0) is 15.9. The molecule has 0 radical (unpaired) electrons. The Balaban J connectivity index is 2.31. The normalized spacial score (nSPS) is 12.9. The number of phenolic OH excluding ortho intramolecular Hbond substituents is 3. The molecule has 0 saturated heterocycles. The fourth-order valence-corrected chi connectivity index (χ4v) is 2.42. The number of fused-ring (bicyclic) bond motifs is 2. The highest BCUT2D eigenvalue weighted by Gasteiger charge is 2.30. The van der Waals surface area contributed by atoms with Gasteiger partial charge in [-0.05, 0) is 12.1 Å². The van der Waals surface area contributed by atoms with Crippen LogP contribution in [0.4, 0.5) is 17.1 Å². The topological polar surface area (TPSA) is 110 Å². The molecule has 4 N–H and O–H groups in total. The summed E-state index contributed by atoms with van der Waals surface area (Å²) in [5, 5.41) is 32.4. The van der Waals surface area contributed by atoms with Gasteiger partial charge in [0, 0.05) is 12.1 Å². The first-order valence-corrected chi connectivity index (χ1v) is 6.43. The zero-order valence-corrected chi connectivity index (χ0v) is 11.3.